The molecule has 1 aromatic rings. The number of rotatable bonds is 0. The second-order valence-corrected chi connectivity index (χ2v) is 19.0. The standard InChI is InChI=1S/C16H8O2.3C15H8O2.C3H8.8Y/c17-15-11-5-1-2-6-12(11)16(18)14-10-7-3-4-9(10)8-13(14)15;3*16-14-10-5-2-6-11(10)15(17)13-9-4-1-3-8(9)7-12(13)14;1-3-2;;;;;;;;/h1-2,5-6H,3,8H2;5-6H,1-2,7H2;2,6H,1,5,7H2;2,5H,1,6-7H2;3H2,1-2H3;;;;;;;;/q4*-2;;;;;;;;;. The number of fused-ring (bicyclic) bond motifs is 10. The van der Waals surface area contributed by atoms with Crippen molar-refractivity contribution in [3.8, 4) is 0 Å². The van der Waals surface area contributed by atoms with Gasteiger partial charge in [-0.2, -0.15) is 48.0 Å². The minimum atomic E-state index is -0.0404. The van der Waals surface area contributed by atoms with Gasteiger partial charge in [0.1, 0.15) is 23.1 Å². The van der Waals surface area contributed by atoms with Gasteiger partial charge in [-0.15, -0.1) is 0 Å². The summed E-state index contributed by atoms with van der Waals surface area (Å²) < 4.78 is 0. The second-order valence-electron chi connectivity index (χ2n) is 19.0. The van der Waals surface area contributed by atoms with Crippen LogP contribution in [0.15, 0.2) is 183 Å². The molecule has 8 radical (unpaired) electrons. The summed E-state index contributed by atoms with van der Waals surface area (Å²) in [5.74, 6) is 0.0924. The Morgan fingerprint density at radius 3 is 1.16 bits per heavy atom. The summed E-state index contributed by atoms with van der Waals surface area (Å²) in [5.41, 5.74) is 17.0. The minimum absolute atomic E-state index is 0. The summed E-state index contributed by atoms with van der Waals surface area (Å²) in [7, 11) is 0. The van der Waals surface area contributed by atoms with Gasteiger partial charge in [0.25, 0.3) is 0 Å². The van der Waals surface area contributed by atoms with Crippen molar-refractivity contribution >= 4 is 46.3 Å². The molecule has 15 aliphatic carbocycles. The van der Waals surface area contributed by atoms with Crippen LogP contribution in [0.3, 0.4) is 0 Å². The second kappa shape index (κ2) is 30.8. The van der Waals surface area contributed by atoms with Crippen LogP contribution in [0.4, 0.5) is 0 Å². The average Bonchev–Trinajstić information content (AvgIpc) is 4.32. The number of carbonyl (C=O) groups is 8. The molecule has 0 bridgehead atoms. The zero-order chi connectivity index (χ0) is 49.7. The van der Waals surface area contributed by atoms with Crippen molar-refractivity contribution in [1.29, 1.82) is 0 Å². The molecule has 0 atom stereocenters. The number of hydrogen-bond donors (Lipinski definition) is 0. The number of hydrogen-bond acceptors (Lipinski definition) is 8. The zero-order valence-electron chi connectivity index (χ0n) is 44.1. The van der Waals surface area contributed by atoms with E-state index in [0.717, 1.165) is 44.6 Å². The van der Waals surface area contributed by atoms with Crippen LogP contribution < -0.4 is 0 Å². The van der Waals surface area contributed by atoms with Crippen molar-refractivity contribution in [1.82, 2.24) is 0 Å². The molecule has 0 amide bonds. The van der Waals surface area contributed by atoms with Crippen LogP contribution >= 0.6 is 0 Å². The summed E-state index contributed by atoms with van der Waals surface area (Å²) in [6, 6.07) is 7.03. The van der Waals surface area contributed by atoms with Gasteiger partial charge in [0.05, 0.1) is 0 Å². The SMILES string of the molecule is CCC.O=C1C2=C(C(=O)c3ccccc31)C1=[C-]C[C-]=C1C2.O=C1C2=C(C=CC2)C(=O)C2=C1CC1=[C-]C[C-]=C12.O=C1C2=C(CC=C2)C(=O)C2=C1CC1=[C-]C[C-]=C12.O=C1C2=CCC=C2C(=O)C2=C1CC1=[C-]C[C-]=C12.[Y].[Y].[Y].[Y].[Y].[Y].[Y].[Y]. The van der Waals surface area contributed by atoms with Gasteiger partial charge in [-0.05, 0) is 19.3 Å². The Morgan fingerprint density at radius 1 is 0.362 bits per heavy atom. The third-order valence-corrected chi connectivity index (χ3v) is 14.8. The number of carbonyl (C=O) groups excluding carboxylic acids is 8. The summed E-state index contributed by atoms with van der Waals surface area (Å²) in [6.07, 6.45) is 44.2. The molecule has 376 valence electrons. The van der Waals surface area contributed by atoms with Gasteiger partial charge >= 0.3 is 0 Å². The van der Waals surface area contributed by atoms with E-state index in [9.17, 15) is 38.4 Å². The fourth-order valence-electron chi connectivity index (χ4n) is 11.7. The zero-order valence-corrected chi connectivity index (χ0v) is 66.8. The first-order valence-electron chi connectivity index (χ1n) is 24.4. The van der Waals surface area contributed by atoms with E-state index >= 15 is 0 Å². The Bertz CT molecular complexity index is 3660. The molecule has 1 aromatic carbocycles. The summed E-state index contributed by atoms with van der Waals surface area (Å²) in [5, 5.41) is 0. The smallest absolute Gasteiger partial charge is 0.176 e. The van der Waals surface area contributed by atoms with Crippen molar-refractivity contribution in [3.63, 3.8) is 0 Å². The first kappa shape index (κ1) is 73.2. The third-order valence-electron chi connectivity index (χ3n) is 14.8. The quantitative estimate of drug-likeness (QED) is 0.185. The molecular weight excluding hydrogens is 1610 g/mol. The molecule has 0 saturated carbocycles. The molecule has 0 aliphatic heterocycles. The van der Waals surface area contributed by atoms with Crippen molar-refractivity contribution in [2.24, 2.45) is 0 Å². The van der Waals surface area contributed by atoms with Gasteiger partial charge in [-0.3, -0.25) is 19.2 Å². The van der Waals surface area contributed by atoms with Crippen LogP contribution in [0.1, 0.15) is 112 Å². The number of benzene rings is 1. The van der Waals surface area contributed by atoms with Crippen molar-refractivity contribution in [2.75, 3.05) is 0 Å². The topological polar surface area (TPSA) is 137 Å². The van der Waals surface area contributed by atoms with Gasteiger partial charge in [0.15, 0.2) is 23.1 Å². The Balaban J connectivity index is 0.000000219. The number of Topliss-reactive ketones (excluding diaryl/α,β-unsaturated/α-hetero) is 8. The van der Waals surface area contributed by atoms with Crippen LogP contribution in [-0.2, 0) is 290 Å². The van der Waals surface area contributed by atoms with E-state index in [-0.39, 0.29) is 308 Å². The van der Waals surface area contributed by atoms with Gasteiger partial charge in [-0.1, -0.05) is 129 Å². The molecule has 16 heteroatoms. The van der Waals surface area contributed by atoms with Crippen LogP contribution in [-0.4, -0.2) is 46.3 Å². The molecule has 16 rings (SSSR count). The molecule has 15 aliphatic rings. The summed E-state index contributed by atoms with van der Waals surface area (Å²) in [6.45, 7) is 4.25. The van der Waals surface area contributed by atoms with E-state index in [1.54, 1.807) is 36.4 Å². The van der Waals surface area contributed by atoms with Crippen molar-refractivity contribution < 1.29 is 300 Å². The molecule has 0 heterocycles. The van der Waals surface area contributed by atoms with Crippen LogP contribution in [0.5, 0.6) is 0 Å². The number of allylic oxidation sites excluding steroid dienone is 36. The van der Waals surface area contributed by atoms with Gasteiger partial charge in [0.2, 0.25) is 0 Å². The predicted octanol–water partition coefficient (Wildman–Crippen LogP) is 9.90. The monoisotopic (exact) mass is 1650 g/mol. The van der Waals surface area contributed by atoms with E-state index in [2.05, 4.69) is 62.5 Å². The van der Waals surface area contributed by atoms with Gasteiger partial charge in [-0.25, -0.2) is 0 Å². The van der Waals surface area contributed by atoms with E-state index in [1.807, 2.05) is 24.3 Å². The molecule has 0 N–H and O–H groups in total. The van der Waals surface area contributed by atoms with Gasteiger partial charge in [0, 0.05) is 306 Å². The number of ketones is 8. The van der Waals surface area contributed by atoms with E-state index in [1.165, 1.54) is 6.42 Å². The van der Waals surface area contributed by atoms with E-state index in [0.29, 0.717) is 160 Å². The summed E-state index contributed by atoms with van der Waals surface area (Å²) in [4.78, 5) is 98.7. The Kier molecular flexibility index (Phi) is 28.2. The Hall–Kier alpha value is 0.731. The first-order chi connectivity index (χ1) is 35.0. The summed E-state index contributed by atoms with van der Waals surface area (Å²) >= 11 is 0. The molecule has 0 spiro atoms. The van der Waals surface area contributed by atoms with E-state index in [4.69, 9.17) is 0 Å². The molecular formula is C64H40O8Y8-8. The molecule has 0 unspecified atom stereocenters. The molecule has 8 nitrogen and oxygen atoms in total. The van der Waals surface area contributed by atoms with Crippen LogP contribution in [0.2, 0.25) is 0 Å². The maximum atomic E-state index is 12.5. The van der Waals surface area contributed by atoms with Crippen molar-refractivity contribution in [2.45, 2.75) is 90.9 Å². The minimum Gasteiger partial charge on any atom is -0.350 e. The predicted molar refractivity (Wildman–Crippen MR) is 263 cm³/mol. The van der Waals surface area contributed by atoms with Crippen molar-refractivity contribution in [3.05, 3.63) is 243 Å². The van der Waals surface area contributed by atoms with Crippen LogP contribution in [0, 0.1) is 48.6 Å². The maximum absolute atomic E-state index is 12.5. The normalized spacial score (nSPS) is 20.9. The first-order valence-corrected chi connectivity index (χ1v) is 24.4. The fraction of sp³-hybridized carbons (Fsp3) is 0.219. The van der Waals surface area contributed by atoms with E-state index < -0.39 is 0 Å². The largest absolute Gasteiger partial charge is 0.350 e. The average molecular weight is 1650 g/mol. The van der Waals surface area contributed by atoms with Crippen LogP contribution in [0.25, 0.3) is 0 Å². The maximum Gasteiger partial charge on any atom is 0.176 e. The third kappa shape index (κ3) is 12.7. The molecule has 0 saturated heterocycles. The Labute approximate surface area is 667 Å². The Morgan fingerprint density at radius 2 is 0.700 bits per heavy atom. The molecule has 80 heavy (non-hydrogen) atoms. The molecule has 0 aromatic heterocycles. The van der Waals surface area contributed by atoms with Gasteiger partial charge < -0.3 is 112 Å². The fourth-order valence-corrected chi connectivity index (χ4v) is 11.7. The molecule has 0 fully saturated rings.